The Labute approximate surface area is 250 Å². The SMILES string of the molecule is CCCO[C@@H]1C[C@H]2C(=O)NC3(CCOc4ccc(C(F)(F)F)cc4S(=O)(=O)N2C1)CCN(Cc1cccc(OC)c1)CC3. The zero-order chi connectivity index (χ0) is 30.8. The maximum atomic E-state index is 13.9. The minimum absolute atomic E-state index is 0.0248. The number of piperidine rings is 1. The Bertz CT molecular complexity index is 1410. The Morgan fingerprint density at radius 1 is 1.12 bits per heavy atom. The largest absolute Gasteiger partial charge is 0.497 e. The molecule has 0 bridgehead atoms. The van der Waals surface area contributed by atoms with Crippen molar-refractivity contribution in [3.05, 3.63) is 53.6 Å². The molecule has 0 saturated carbocycles. The molecule has 1 spiro atoms. The Morgan fingerprint density at radius 3 is 2.58 bits per heavy atom. The van der Waals surface area contributed by atoms with E-state index in [-0.39, 0.29) is 25.3 Å². The van der Waals surface area contributed by atoms with Gasteiger partial charge in [0.05, 0.1) is 25.4 Å². The topological polar surface area (TPSA) is 97.4 Å². The maximum Gasteiger partial charge on any atom is 0.416 e. The summed E-state index contributed by atoms with van der Waals surface area (Å²) in [5.41, 5.74) is -0.673. The van der Waals surface area contributed by atoms with Crippen LogP contribution < -0.4 is 14.8 Å². The highest BCUT2D eigenvalue weighted by Gasteiger charge is 2.48. The Morgan fingerprint density at radius 2 is 1.88 bits per heavy atom. The van der Waals surface area contributed by atoms with Crippen LogP contribution in [0.2, 0.25) is 0 Å². The molecule has 2 atom stereocenters. The summed E-state index contributed by atoms with van der Waals surface area (Å²) in [5.74, 6) is 0.145. The van der Waals surface area contributed by atoms with Crippen molar-refractivity contribution in [1.82, 2.24) is 14.5 Å². The molecule has 43 heavy (non-hydrogen) atoms. The normalized spacial score (nSPS) is 24.3. The Kier molecular flexibility index (Phi) is 9.26. The van der Waals surface area contributed by atoms with Crippen LogP contribution in [0.3, 0.4) is 0 Å². The number of amides is 1. The summed E-state index contributed by atoms with van der Waals surface area (Å²) >= 11 is 0. The molecule has 0 aromatic heterocycles. The van der Waals surface area contributed by atoms with E-state index in [1.807, 2.05) is 31.2 Å². The standard InChI is InChI=1S/C30H38F3N3O6S/c1-3-14-41-24-18-25-28(37)34-29(9-12-35(13-10-29)19-21-5-4-6-23(16-21)40-2)11-15-42-26-8-7-22(30(31,32)33)17-27(26)43(38,39)36(25)20-24/h4-8,16-17,24-25H,3,9-15,18-20H2,1-2H3,(H,34,37)/t24-,25+/m1/s1. The lowest BCUT2D eigenvalue weighted by molar-refractivity contribution is -0.137. The van der Waals surface area contributed by atoms with Gasteiger partial charge in [-0.2, -0.15) is 17.5 Å². The molecule has 9 nitrogen and oxygen atoms in total. The van der Waals surface area contributed by atoms with Crippen LogP contribution >= 0.6 is 0 Å². The molecule has 3 heterocycles. The van der Waals surface area contributed by atoms with Crippen molar-refractivity contribution in [2.75, 3.05) is 40.0 Å². The van der Waals surface area contributed by atoms with Gasteiger partial charge in [0.15, 0.2) is 0 Å². The van der Waals surface area contributed by atoms with Gasteiger partial charge in [-0.3, -0.25) is 9.69 Å². The van der Waals surface area contributed by atoms with Gasteiger partial charge in [0.1, 0.15) is 22.4 Å². The molecule has 236 valence electrons. The fourth-order valence-corrected chi connectivity index (χ4v) is 7.91. The fourth-order valence-electron chi connectivity index (χ4n) is 6.12. The number of sulfonamides is 1. The predicted octanol–water partition coefficient (Wildman–Crippen LogP) is 4.21. The molecular weight excluding hydrogens is 587 g/mol. The Hall–Kier alpha value is -2.87. The van der Waals surface area contributed by atoms with Crippen molar-refractivity contribution >= 4 is 15.9 Å². The van der Waals surface area contributed by atoms with E-state index in [1.165, 1.54) is 0 Å². The maximum absolute atomic E-state index is 13.9. The van der Waals surface area contributed by atoms with Gasteiger partial charge in [-0.05, 0) is 55.2 Å². The average molecular weight is 626 g/mol. The number of carbonyl (C=O) groups excluding carboxylic acids is 1. The summed E-state index contributed by atoms with van der Waals surface area (Å²) in [5, 5.41) is 3.17. The Balaban J connectivity index is 1.43. The number of likely N-dealkylation sites (tertiary alicyclic amines) is 1. The van der Waals surface area contributed by atoms with Gasteiger partial charge in [-0.1, -0.05) is 19.1 Å². The van der Waals surface area contributed by atoms with E-state index in [4.69, 9.17) is 14.2 Å². The van der Waals surface area contributed by atoms with Crippen LogP contribution in [-0.4, -0.2) is 81.2 Å². The molecule has 1 amide bonds. The van der Waals surface area contributed by atoms with Crippen molar-refractivity contribution in [3.63, 3.8) is 0 Å². The zero-order valence-electron chi connectivity index (χ0n) is 24.4. The highest BCUT2D eigenvalue weighted by atomic mass is 32.2. The molecule has 0 radical (unpaired) electrons. The minimum atomic E-state index is -4.76. The van der Waals surface area contributed by atoms with Gasteiger partial charge in [0.2, 0.25) is 15.9 Å². The number of nitrogens with one attached hydrogen (secondary N) is 1. The number of nitrogens with zero attached hydrogens (tertiary/aromatic N) is 2. The highest BCUT2D eigenvalue weighted by molar-refractivity contribution is 7.89. The molecule has 2 aromatic rings. The van der Waals surface area contributed by atoms with Crippen LogP contribution in [0, 0.1) is 0 Å². The molecule has 3 aliphatic heterocycles. The first-order valence-corrected chi connectivity index (χ1v) is 16.0. The first-order valence-electron chi connectivity index (χ1n) is 14.6. The molecule has 0 unspecified atom stereocenters. The second-order valence-electron chi connectivity index (χ2n) is 11.5. The highest BCUT2D eigenvalue weighted by Crippen LogP contribution is 2.39. The fraction of sp³-hybridized carbons (Fsp3) is 0.567. The lowest BCUT2D eigenvalue weighted by Gasteiger charge is -2.43. The van der Waals surface area contributed by atoms with E-state index < -0.39 is 50.3 Å². The number of benzene rings is 2. The van der Waals surface area contributed by atoms with Crippen molar-refractivity contribution in [3.8, 4) is 11.5 Å². The summed E-state index contributed by atoms with van der Waals surface area (Å²) in [6, 6.07) is 9.20. The number of fused-ring (bicyclic) bond motifs is 2. The van der Waals surface area contributed by atoms with Crippen molar-refractivity contribution in [1.29, 1.82) is 0 Å². The van der Waals surface area contributed by atoms with Gasteiger partial charge in [0, 0.05) is 51.2 Å². The quantitative estimate of drug-likeness (QED) is 0.514. The van der Waals surface area contributed by atoms with Crippen molar-refractivity contribution < 1.29 is 40.6 Å². The van der Waals surface area contributed by atoms with Crippen LogP contribution in [0.1, 0.15) is 50.2 Å². The molecule has 3 aliphatic rings. The smallest absolute Gasteiger partial charge is 0.416 e. The predicted molar refractivity (Wildman–Crippen MR) is 152 cm³/mol. The first kappa shape index (κ1) is 31.6. The third-order valence-electron chi connectivity index (χ3n) is 8.52. The van der Waals surface area contributed by atoms with Gasteiger partial charge in [-0.15, -0.1) is 0 Å². The van der Waals surface area contributed by atoms with Crippen molar-refractivity contribution in [2.45, 2.75) is 74.3 Å². The third-order valence-corrected chi connectivity index (χ3v) is 10.4. The number of hydrogen-bond acceptors (Lipinski definition) is 7. The van der Waals surface area contributed by atoms with E-state index in [2.05, 4.69) is 10.2 Å². The monoisotopic (exact) mass is 625 g/mol. The lowest BCUT2D eigenvalue weighted by atomic mass is 9.84. The van der Waals surface area contributed by atoms with E-state index in [1.54, 1.807) is 7.11 Å². The first-order chi connectivity index (χ1) is 20.4. The summed E-state index contributed by atoms with van der Waals surface area (Å²) in [6.07, 6.45) is -2.95. The second kappa shape index (κ2) is 12.6. The van der Waals surface area contributed by atoms with Crippen LogP contribution in [0.5, 0.6) is 11.5 Å². The zero-order valence-corrected chi connectivity index (χ0v) is 25.2. The molecule has 2 aromatic carbocycles. The van der Waals surface area contributed by atoms with Crippen LogP contribution in [0.15, 0.2) is 47.4 Å². The average Bonchev–Trinajstić information content (AvgIpc) is 3.42. The third kappa shape index (κ3) is 6.95. The molecule has 2 fully saturated rings. The summed E-state index contributed by atoms with van der Waals surface area (Å²) in [6.45, 7) is 4.23. The van der Waals surface area contributed by atoms with E-state index in [9.17, 15) is 26.4 Å². The molecule has 13 heteroatoms. The van der Waals surface area contributed by atoms with Gasteiger partial charge >= 0.3 is 6.18 Å². The molecule has 2 saturated heterocycles. The van der Waals surface area contributed by atoms with Gasteiger partial charge in [0.25, 0.3) is 0 Å². The summed E-state index contributed by atoms with van der Waals surface area (Å²) < 4.78 is 86.8. The summed E-state index contributed by atoms with van der Waals surface area (Å²) in [7, 11) is -2.93. The van der Waals surface area contributed by atoms with Crippen LogP contribution in [0.25, 0.3) is 0 Å². The number of methoxy groups -OCH3 is 1. The molecule has 0 aliphatic carbocycles. The molecular formula is C30H38F3N3O6S. The molecule has 5 rings (SSSR count). The van der Waals surface area contributed by atoms with Crippen LogP contribution in [-0.2, 0) is 32.3 Å². The second-order valence-corrected chi connectivity index (χ2v) is 13.3. The number of ether oxygens (including phenoxy) is 3. The molecule has 1 N–H and O–H groups in total. The minimum Gasteiger partial charge on any atom is -0.497 e. The number of carbonyl (C=O) groups is 1. The van der Waals surface area contributed by atoms with E-state index >= 15 is 0 Å². The summed E-state index contributed by atoms with van der Waals surface area (Å²) in [4.78, 5) is 15.6. The van der Waals surface area contributed by atoms with Gasteiger partial charge < -0.3 is 19.5 Å². The van der Waals surface area contributed by atoms with Crippen LogP contribution in [0.4, 0.5) is 13.2 Å². The number of halogens is 3. The van der Waals surface area contributed by atoms with Gasteiger partial charge in [-0.25, -0.2) is 8.42 Å². The number of rotatable bonds is 6. The lowest BCUT2D eigenvalue weighted by Crippen LogP contribution is -2.59. The number of alkyl halides is 3. The van der Waals surface area contributed by atoms with E-state index in [0.29, 0.717) is 58.0 Å². The number of hydrogen-bond donors (Lipinski definition) is 1. The van der Waals surface area contributed by atoms with Crippen molar-refractivity contribution in [2.24, 2.45) is 0 Å². The van der Waals surface area contributed by atoms with E-state index in [0.717, 1.165) is 27.8 Å².